The molecule has 1 aliphatic carbocycles. The van der Waals surface area contributed by atoms with Crippen molar-refractivity contribution in [3.63, 3.8) is 0 Å². The second kappa shape index (κ2) is 5.49. The van der Waals surface area contributed by atoms with Crippen molar-refractivity contribution in [2.45, 2.75) is 24.7 Å². The molecule has 1 fully saturated rings. The zero-order valence-electron chi connectivity index (χ0n) is 11.7. The first-order valence-electron chi connectivity index (χ1n) is 6.98. The van der Waals surface area contributed by atoms with Crippen molar-refractivity contribution in [1.82, 2.24) is 9.97 Å². The van der Waals surface area contributed by atoms with E-state index in [1.807, 2.05) is 18.2 Å². The Labute approximate surface area is 119 Å². The molecule has 1 aliphatic rings. The molecule has 4 heteroatoms. The van der Waals surface area contributed by atoms with E-state index < -0.39 is 0 Å². The molecule has 0 atom stereocenters. The lowest BCUT2D eigenvalue weighted by Gasteiger charge is -2.43. The van der Waals surface area contributed by atoms with Crippen LogP contribution in [0.4, 0.5) is 5.95 Å². The van der Waals surface area contributed by atoms with Crippen LogP contribution in [0.25, 0.3) is 0 Å². The molecule has 0 amide bonds. The van der Waals surface area contributed by atoms with Gasteiger partial charge in [0.2, 0.25) is 5.95 Å². The van der Waals surface area contributed by atoms with Gasteiger partial charge in [0.15, 0.2) is 0 Å². The third-order valence-corrected chi connectivity index (χ3v) is 4.14. The van der Waals surface area contributed by atoms with E-state index in [-0.39, 0.29) is 5.41 Å². The second-order valence-corrected chi connectivity index (χ2v) is 5.26. The summed E-state index contributed by atoms with van der Waals surface area (Å²) in [6.45, 7) is 0.845. The van der Waals surface area contributed by atoms with Gasteiger partial charge in [-0.15, -0.1) is 0 Å². The SMILES string of the molecule is COc1ccccc1C1(CNc2ncccn2)CCC1. The molecule has 0 aliphatic heterocycles. The van der Waals surface area contributed by atoms with Crippen LogP contribution in [0, 0.1) is 0 Å². The maximum atomic E-state index is 5.52. The third kappa shape index (κ3) is 2.33. The van der Waals surface area contributed by atoms with Gasteiger partial charge in [0, 0.05) is 29.9 Å². The van der Waals surface area contributed by atoms with Crippen molar-refractivity contribution in [3.05, 3.63) is 48.3 Å². The van der Waals surface area contributed by atoms with Crippen molar-refractivity contribution in [2.75, 3.05) is 19.0 Å². The number of hydrogen-bond acceptors (Lipinski definition) is 4. The van der Waals surface area contributed by atoms with Gasteiger partial charge in [-0.25, -0.2) is 9.97 Å². The Morgan fingerprint density at radius 3 is 2.55 bits per heavy atom. The summed E-state index contributed by atoms with van der Waals surface area (Å²) in [7, 11) is 1.74. The lowest BCUT2D eigenvalue weighted by atomic mass is 9.64. The molecular weight excluding hydrogens is 250 g/mol. The van der Waals surface area contributed by atoms with Crippen LogP contribution in [0.3, 0.4) is 0 Å². The standard InChI is InChI=1S/C16H19N3O/c1-20-14-7-3-2-6-13(14)16(8-4-9-16)12-19-15-17-10-5-11-18-15/h2-3,5-7,10-11H,4,8-9,12H2,1H3,(H,17,18,19). The number of nitrogens with one attached hydrogen (secondary N) is 1. The van der Waals surface area contributed by atoms with Gasteiger partial charge in [-0.2, -0.15) is 0 Å². The maximum Gasteiger partial charge on any atom is 0.222 e. The summed E-state index contributed by atoms with van der Waals surface area (Å²) in [5, 5.41) is 3.36. The number of benzene rings is 1. The fourth-order valence-corrected chi connectivity index (χ4v) is 2.87. The number of methoxy groups -OCH3 is 1. The summed E-state index contributed by atoms with van der Waals surface area (Å²) in [4.78, 5) is 8.45. The van der Waals surface area contributed by atoms with E-state index in [9.17, 15) is 0 Å². The number of anilines is 1. The molecule has 0 spiro atoms. The van der Waals surface area contributed by atoms with Gasteiger partial charge in [-0.1, -0.05) is 24.6 Å². The van der Waals surface area contributed by atoms with E-state index in [0.29, 0.717) is 5.95 Å². The van der Waals surface area contributed by atoms with Crippen LogP contribution in [0.2, 0.25) is 0 Å². The van der Waals surface area contributed by atoms with Gasteiger partial charge in [0.05, 0.1) is 7.11 Å². The molecule has 1 heterocycles. The number of hydrogen-bond donors (Lipinski definition) is 1. The predicted octanol–water partition coefficient (Wildman–Crippen LogP) is 3.02. The highest BCUT2D eigenvalue weighted by molar-refractivity contribution is 5.43. The molecule has 104 valence electrons. The minimum atomic E-state index is 0.145. The molecular formula is C16H19N3O. The number of aromatic nitrogens is 2. The number of rotatable bonds is 5. The summed E-state index contributed by atoms with van der Waals surface area (Å²) in [6.07, 6.45) is 7.12. The Kier molecular flexibility index (Phi) is 3.54. The summed E-state index contributed by atoms with van der Waals surface area (Å²) in [5.74, 6) is 1.66. The van der Waals surface area contributed by atoms with Gasteiger partial charge in [-0.05, 0) is 25.0 Å². The van der Waals surface area contributed by atoms with E-state index in [0.717, 1.165) is 12.3 Å². The largest absolute Gasteiger partial charge is 0.496 e. The summed E-state index contributed by atoms with van der Waals surface area (Å²) >= 11 is 0. The van der Waals surface area contributed by atoms with E-state index in [4.69, 9.17) is 4.74 Å². The summed E-state index contributed by atoms with van der Waals surface area (Å²) < 4.78 is 5.52. The number of nitrogens with zero attached hydrogens (tertiary/aromatic N) is 2. The molecule has 2 aromatic rings. The molecule has 0 radical (unpaired) electrons. The van der Waals surface area contributed by atoms with Gasteiger partial charge in [-0.3, -0.25) is 0 Å². The lowest BCUT2D eigenvalue weighted by molar-refractivity contribution is 0.250. The molecule has 1 aromatic heterocycles. The van der Waals surface area contributed by atoms with Crippen molar-refractivity contribution < 1.29 is 4.74 Å². The molecule has 0 bridgehead atoms. The Bertz CT molecular complexity index is 567. The van der Waals surface area contributed by atoms with E-state index in [1.165, 1.54) is 24.8 Å². The Hall–Kier alpha value is -2.10. The van der Waals surface area contributed by atoms with E-state index in [2.05, 4.69) is 27.4 Å². The maximum absolute atomic E-state index is 5.52. The smallest absolute Gasteiger partial charge is 0.222 e. The predicted molar refractivity (Wildman–Crippen MR) is 79.0 cm³/mol. The van der Waals surface area contributed by atoms with Crippen LogP contribution in [0.5, 0.6) is 5.75 Å². The van der Waals surface area contributed by atoms with E-state index in [1.54, 1.807) is 19.5 Å². The second-order valence-electron chi connectivity index (χ2n) is 5.26. The van der Waals surface area contributed by atoms with Crippen LogP contribution in [0.1, 0.15) is 24.8 Å². The molecule has 0 saturated heterocycles. The van der Waals surface area contributed by atoms with Crippen molar-refractivity contribution in [2.24, 2.45) is 0 Å². The Balaban J connectivity index is 1.81. The highest BCUT2D eigenvalue weighted by atomic mass is 16.5. The average molecular weight is 269 g/mol. The first kappa shape index (κ1) is 12.9. The summed E-state index contributed by atoms with van der Waals surface area (Å²) in [5.41, 5.74) is 1.43. The highest BCUT2D eigenvalue weighted by Gasteiger charge is 2.40. The Morgan fingerprint density at radius 1 is 1.15 bits per heavy atom. The van der Waals surface area contributed by atoms with E-state index >= 15 is 0 Å². The minimum Gasteiger partial charge on any atom is -0.496 e. The quantitative estimate of drug-likeness (QED) is 0.906. The third-order valence-electron chi connectivity index (χ3n) is 4.14. The molecule has 0 unspecified atom stereocenters. The first-order chi connectivity index (χ1) is 9.84. The molecule has 1 N–H and O–H groups in total. The van der Waals surface area contributed by atoms with Gasteiger partial charge < -0.3 is 10.1 Å². The number of para-hydroxylation sites is 1. The highest BCUT2D eigenvalue weighted by Crippen LogP contribution is 2.46. The summed E-state index contributed by atoms with van der Waals surface area (Å²) in [6, 6.07) is 10.1. The normalized spacial score (nSPS) is 16.2. The lowest BCUT2D eigenvalue weighted by Crippen LogP contribution is -2.41. The number of ether oxygens (including phenoxy) is 1. The molecule has 1 aromatic carbocycles. The fraction of sp³-hybridized carbons (Fsp3) is 0.375. The van der Waals surface area contributed by atoms with Crippen LogP contribution in [-0.2, 0) is 5.41 Å². The van der Waals surface area contributed by atoms with Gasteiger partial charge in [0.1, 0.15) is 5.75 Å². The van der Waals surface area contributed by atoms with Gasteiger partial charge >= 0.3 is 0 Å². The first-order valence-corrected chi connectivity index (χ1v) is 6.98. The zero-order chi connectivity index (χ0) is 13.8. The molecule has 3 rings (SSSR count). The van der Waals surface area contributed by atoms with Crippen LogP contribution in [-0.4, -0.2) is 23.6 Å². The van der Waals surface area contributed by atoms with Crippen LogP contribution in [0.15, 0.2) is 42.7 Å². The molecule has 1 saturated carbocycles. The van der Waals surface area contributed by atoms with Crippen molar-refractivity contribution in [1.29, 1.82) is 0 Å². The fourth-order valence-electron chi connectivity index (χ4n) is 2.87. The molecule has 20 heavy (non-hydrogen) atoms. The van der Waals surface area contributed by atoms with Crippen LogP contribution >= 0.6 is 0 Å². The Morgan fingerprint density at radius 2 is 1.90 bits per heavy atom. The van der Waals surface area contributed by atoms with Crippen LogP contribution < -0.4 is 10.1 Å². The topological polar surface area (TPSA) is 47.0 Å². The van der Waals surface area contributed by atoms with Gasteiger partial charge in [0.25, 0.3) is 0 Å². The van der Waals surface area contributed by atoms with Crippen molar-refractivity contribution >= 4 is 5.95 Å². The van der Waals surface area contributed by atoms with Crippen molar-refractivity contribution in [3.8, 4) is 5.75 Å². The average Bonchev–Trinajstić information content (AvgIpc) is 2.48. The zero-order valence-corrected chi connectivity index (χ0v) is 11.7. The monoisotopic (exact) mass is 269 g/mol. The minimum absolute atomic E-state index is 0.145. The molecule has 4 nitrogen and oxygen atoms in total.